The predicted octanol–water partition coefficient (Wildman–Crippen LogP) is 1.30. The first-order chi connectivity index (χ1) is 9.42. The van der Waals surface area contributed by atoms with Gasteiger partial charge in [0, 0.05) is 5.69 Å². The first kappa shape index (κ1) is 15.5. The topological polar surface area (TPSA) is 116 Å². The van der Waals surface area contributed by atoms with Gasteiger partial charge in [0.05, 0.1) is 6.42 Å². The van der Waals surface area contributed by atoms with Crippen LogP contribution >= 0.6 is 0 Å². The van der Waals surface area contributed by atoms with E-state index in [-0.39, 0.29) is 0 Å². The third kappa shape index (κ3) is 4.97. The molecule has 1 aromatic carbocycles. The van der Waals surface area contributed by atoms with Gasteiger partial charge in [0.15, 0.2) is 0 Å². The van der Waals surface area contributed by atoms with Crippen molar-refractivity contribution < 1.29 is 24.6 Å². The minimum Gasteiger partial charge on any atom is -0.481 e. The molecule has 7 nitrogen and oxygen atoms in total. The van der Waals surface area contributed by atoms with Crippen molar-refractivity contribution in [2.75, 3.05) is 5.32 Å². The van der Waals surface area contributed by atoms with Gasteiger partial charge in [-0.05, 0) is 24.1 Å². The van der Waals surface area contributed by atoms with Crippen molar-refractivity contribution in [2.45, 2.75) is 25.8 Å². The van der Waals surface area contributed by atoms with E-state index in [1.165, 1.54) is 0 Å². The summed E-state index contributed by atoms with van der Waals surface area (Å²) in [7, 11) is 0. The standard InChI is InChI=1S/C13H16N2O5/c1-2-8-3-5-9(6-4-8)14-13(20)15-10(12(18)19)7-11(16)17/h3-6,10H,2,7H2,1H3,(H,16,17)(H,18,19)(H2,14,15,20). The predicted molar refractivity (Wildman–Crippen MR) is 71.7 cm³/mol. The van der Waals surface area contributed by atoms with Crippen LogP contribution in [0.3, 0.4) is 0 Å². The Hall–Kier alpha value is -2.57. The number of hydrogen-bond acceptors (Lipinski definition) is 3. The molecule has 1 atom stereocenters. The highest BCUT2D eigenvalue weighted by Gasteiger charge is 2.22. The molecule has 108 valence electrons. The van der Waals surface area contributed by atoms with E-state index in [1.54, 1.807) is 12.1 Å². The summed E-state index contributed by atoms with van der Waals surface area (Å²) in [5.74, 6) is -2.70. The second-order valence-corrected chi connectivity index (χ2v) is 4.14. The molecule has 0 aromatic heterocycles. The quantitative estimate of drug-likeness (QED) is 0.626. The normalized spacial score (nSPS) is 11.4. The number of aryl methyl sites for hydroxylation is 1. The Morgan fingerprint density at radius 3 is 2.20 bits per heavy atom. The van der Waals surface area contributed by atoms with E-state index in [1.807, 2.05) is 19.1 Å². The van der Waals surface area contributed by atoms with Crippen molar-refractivity contribution in [3.05, 3.63) is 29.8 Å². The second-order valence-electron chi connectivity index (χ2n) is 4.14. The SMILES string of the molecule is CCc1ccc(NC(=O)NC(CC(=O)O)C(=O)O)cc1. The zero-order valence-corrected chi connectivity index (χ0v) is 10.9. The number of hydrogen-bond donors (Lipinski definition) is 4. The molecule has 2 amide bonds. The lowest BCUT2D eigenvalue weighted by Crippen LogP contribution is -2.44. The first-order valence-electron chi connectivity index (χ1n) is 6.03. The van der Waals surface area contributed by atoms with Gasteiger partial charge < -0.3 is 20.8 Å². The van der Waals surface area contributed by atoms with Gasteiger partial charge in [0.2, 0.25) is 0 Å². The summed E-state index contributed by atoms with van der Waals surface area (Å²) in [6, 6.07) is 4.81. The lowest BCUT2D eigenvalue weighted by atomic mass is 10.1. The molecule has 1 unspecified atom stereocenters. The molecule has 0 saturated carbocycles. The van der Waals surface area contributed by atoms with Gasteiger partial charge in [0.1, 0.15) is 6.04 Å². The molecule has 1 aromatic rings. The Morgan fingerprint density at radius 1 is 1.15 bits per heavy atom. The van der Waals surface area contributed by atoms with Gasteiger partial charge >= 0.3 is 18.0 Å². The number of nitrogens with one attached hydrogen (secondary N) is 2. The van der Waals surface area contributed by atoms with Crippen LogP contribution in [0.15, 0.2) is 24.3 Å². The Kier molecular flexibility index (Phi) is 5.52. The maximum absolute atomic E-state index is 11.6. The van der Waals surface area contributed by atoms with Crippen molar-refractivity contribution in [1.29, 1.82) is 0 Å². The summed E-state index contributed by atoms with van der Waals surface area (Å²) < 4.78 is 0. The van der Waals surface area contributed by atoms with Crippen LogP contribution in [0, 0.1) is 0 Å². The molecule has 0 aliphatic rings. The molecular formula is C13H16N2O5. The first-order valence-corrected chi connectivity index (χ1v) is 6.03. The summed E-state index contributed by atoms with van der Waals surface area (Å²) >= 11 is 0. The third-order valence-corrected chi connectivity index (χ3v) is 2.60. The smallest absolute Gasteiger partial charge is 0.326 e. The molecule has 0 bridgehead atoms. The number of carbonyl (C=O) groups is 3. The molecule has 20 heavy (non-hydrogen) atoms. The molecule has 0 fully saturated rings. The Balaban J connectivity index is 2.60. The molecule has 7 heteroatoms. The lowest BCUT2D eigenvalue weighted by Gasteiger charge is -2.13. The van der Waals surface area contributed by atoms with Crippen LogP contribution in [-0.4, -0.2) is 34.2 Å². The largest absolute Gasteiger partial charge is 0.481 e. The van der Waals surface area contributed by atoms with E-state index in [4.69, 9.17) is 10.2 Å². The van der Waals surface area contributed by atoms with Gasteiger partial charge in [-0.2, -0.15) is 0 Å². The van der Waals surface area contributed by atoms with Crippen LogP contribution in [-0.2, 0) is 16.0 Å². The van der Waals surface area contributed by atoms with Crippen molar-refractivity contribution in [1.82, 2.24) is 5.32 Å². The summed E-state index contributed by atoms with van der Waals surface area (Å²) in [4.78, 5) is 32.9. The summed E-state index contributed by atoms with van der Waals surface area (Å²) in [5, 5.41) is 21.9. The van der Waals surface area contributed by atoms with Crippen LogP contribution in [0.1, 0.15) is 18.9 Å². The number of carboxylic acids is 2. The average Bonchev–Trinajstić information content (AvgIpc) is 2.38. The maximum Gasteiger partial charge on any atom is 0.326 e. The van der Waals surface area contributed by atoms with Crippen LogP contribution in [0.25, 0.3) is 0 Å². The zero-order valence-electron chi connectivity index (χ0n) is 10.9. The number of carboxylic acid groups (broad SMARTS) is 2. The van der Waals surface area contributed by atoms with Gasteiger partial charge in [-0.3, -0.25) is 4.79 Å². The molecule has 0 heterocycles. The van der Waals surface area contributed by atoms with Crippen LogP contribution < -0.4 is 10.6 Å². The molecule has 4 N–H and O–H groups in total. The van der Waals surface area contributed by atoms with Crippen LogP contribution in [0.4, 0.5) is 10.5 Å². The van der Waals surface area contributed by atoms with Gasteiger partial charge in [-0.1, -0.05) is 19.1 Å². The maximum atomic E-state index is 11.6. The lowest BCUT2D eigenvalue weighted by molar-refractivity contribution is -0.145. The Labute approximate surface area is 115 Å². The minimum atomic E-state index is -1.47. The highest BCUT2D eigenvalue weighted by atomic mass is 16.4. The Morgan fingerprint density at radius 2 is 1.75 bits per heavy atom. The van der Waals surface area contributed by atoms with Crippen molar-refractivity contribution in [3.8, 4) is 0 Å². The highest BCUT2D eigenvalue weighted by Crippen LogP contribution is 2.09. The van der Waals surface area contributed by atoms with Crippen molar-refractivity contribution in [3.63, 3.8) is 0 Å². The third-order valence-electron chi connectivity index (χ3n) is 2.60. The molecule has 0 radical (unpaired) electrons. The number of rotatable bonds is 6. The van der Waals surface area contributed by atoms with Gasteiger partial charge in [-0.25, -0.2) is 9.59 Å². The van der Waals surface area contributed by atoms with Gasteiger partial charge in [-0.15, -0.1) is 0 Å². The van der Waals surface area contributed by atoms with E-state index in [0.717, 1.165) is 12.0 Å². The molecule has 0 aliphatic carbocycles. The molecule has 1 rings (SSSR count). The van der Waals surface area contributed by atoms with E-state index in [2.05, 4.69) is 10.6 Å². The highest BCUT2D eigenvalue weighted by molar-refractivity contribution is 5.93. The van der Waals surface area contributed by atoms with Crippen LogP contribution in [0.2, 0.25) is 0 Å². The van der Waals surface area contributed by atoms with E-state index < -0.39 is 30.4 Å². The summed E-state index contributed by atoms with van der Waals surface area (Å²) in [6.07, 6.45) is 0.184. The molecule has 0 saturated heterocycles. The molecular weight excluding hydrogens is 264 g/mol. The van der Waals surface area contributed by atoms with Gasteiger partial charge in [0.25, 0.3) is 0 Å². The summed E-state index contributed by atoms with van der Waals surface area (Å²) in [6.45, 7) is 2.00. The number of benzene rings is 1. The molecule has 0 aliphatic heterocycles. The zero-order chi connectivity index (χ0) is 15.1. The second kappa shape index (κ2) is 7.13. The molecule has 0 spiro atoms. The number of aliphatic carboxylic acids is 2. The fraction of sp³-hybridized carbons (Fsp3) is 0.308. The summed E-state index contributed by atoms with van der Waals surface area (Å²) in [5.41, 5.74) is 1.60. The van der Waals surface area contributed by atoms with Crippen LogP contribution in [0.5, 0.6) is 0 Å². The monoisotopic (exact) mass is 280 g/mol. The van der Waals surface area contributed by atoms with Crippen molar-refractivity contribution >= 4 is 23.7 Å². The number of amides is 2. The average molecular weight is 280 g/mol. The van der Waals surface area contributed by atoms with E-state index in [9.17, 15) is 14.4 Å². The number of urea groups is 1. The Bertz CT molecular complexity index is 498. The van der Waals surface area contributed by atoms with Crippen molar-refractivity contribution in [2.24, 2.45) is 0 Å². The minimum absolute atomic E-state index is 0.499. The fourth-order valence-electron chi connectivity index (χ4n) is 1.52. The number of anilines is 1. The van der Waals surface area contributed by atoms with E-state index in [0.29, 0.717) is 5.69 Å². The fourth-order valence-corrected chi connectivity index (χ4v) is 1.52. The number of carbonyl (C=O) groups excluding carboxylic acids is 1. The van der Waals surface area contributed by atoms with E-state index >= 15 is 0 Å².